The molecule has 1 amide bonds. The van der Waals surface area contributed by atoms with Crippen LogP contribution in [-0.4, -0.2) is 41.4 Å². The monoisotopic (exact) mass is 355 g/mol. The minimum atomic E-state index is -0.499. The van der Waals surface area contributed by atoms with Crippen LogP contribution in [0.25, 0.3) is 0 Å². The summed E-state index contributed by atoms with van der Waals surface area (Å²) < 4.78 is 6.44. The molecule has 2 atom stereocenters. The molecule has 1 aliphatic heterocycles. The molecule has 0 saturated carbocycles. The van der Waals surface area contributed by atoms with Gasteiger partial charge in [-0.15, -0.1) is 0 Å². The maximum Gasteiger partial charge on any atom is 0.410 e. The number of hydrogen-bond donors (Lipinski definition) is 1. The molecule has 2 rings (SSSR count). The molecule has 1 aromatic carbocycles. The summed E-state index contributed by atoms with van der Waals surface area (Å²) in [6, 6.07) is 8.05. The van der Waals surface area contributed by atoms with Gasteiger partial charge in [-0.2, -0.15) is 0 Å². The first-order chi connectivity index (χ1) is 9.80. The molecule has 0 aliphatic carbocycles. The van der Waals surface area contributed by atoms with E-state index in [0.717, 1.165) is 10.0 Å². The number of halogens is 1. The molecule has 1 aliphatic rings. The fourth-order valence-corrected chi connectivity index (χ4v) is 2.88. The van der Waals surface area contributed by atoms with Crippen LogP contribution in [0.3, 0.4) is 0 Å². The Kier molecular flexibility index (Phi) is 4.94. The van der Waals surface area contributed by atoms with Gasteiger partial charge in [0.05, 0.1) is 0 Å². The van der Waals surface area contributed by atoms with Crippen LogP contribution in [0.1, 0.15) is 32.3 Å². The van der Waals surface area contributed by atoms with Crippen LogP contribution in [0, 0.1) is 5.92 Å². The molecule has 1 fully saturated rings. The predicted octanol–water partition coefficient (Wildman–Crippen LogP) is 3.39. The van der Waals surface area contributed by atoms with Crippen molar-refractivity contribution < 1.29 is 14.6 Å². The van der Waals surface area contributed by atoms with E-state index in [9.17, 15) is 9.90 Å². The van der Waals surface area contributed by atoms with Gasteiger partial charge in [-0.1, -0.05) is 28.1 Å². The molecule has 0 radical (unpaired) electrons. The second-order valence-corrected chi connectivity index (χ2v) is 7.40. The number of carbonyl (C=O) groups excluding carboxylic acids is 1. The molecule has 5 heteroatoms. The summed E-state index contributed by atoms with van der Waals surface area (Å²) in [5.74, 6) is 0.203. The Morgan fingerprint density at radius 3 is 2.48 bits per heavy atom. The third-order valence-corrected chi connectivity index (χ3v) is 4.15. The van der Waals surface area contributed by atoms with Crippen molar-refractivity contribution in [1.82, 2.24) is 4.90 Å². The van der Waals surface area contributed by atoms with Gasteiger partial charge in [0.25, 0.3) is 0 Å². The maximum absolute atomic E-state index is 12.2. The fourth-order valence-electron chi connectivity index (χ4n) is 2.62. The average Bonchev–Trinajstić information content (AvgIpc) is 2.82. The minimum Gasteiger partial charge on any atom is -0.444 e. The van der Waals surface area contributed by atoms with Crippen molar-refractivity contribution in [3.8, 4) is 0 Å². The molecule has 21 heavy (non-hydrogen) atoms. The van der Waals surface area contributed by atoms with E-state index in [-0.39, 0.29) is 24.5 Å². The van der Waals surface area contributed by atoms with Crippen LogP contribution in [0.4, 0.5) is 4.79 Å². The number of nitrogens with zero attached hydrogens (tertiary/aromatic N) is 1. The Bertz CT molecular complexity index is 495. The highest BCUT2D eigenvalue weighted by atomic mass is 79.9. The van der Waals surface area contributed by atoms with Gasteiger partial charge in [-0.3, -0.25) is 0 Å². The van der Waals surface area contributed by atoms with Gasteiger partial charge in [0, 0.05) is 36.0 Å². The third-order valence-electron chi connectivity index (χ3n) is 3.63. The summed E-state index contributed by atoms with van der Waals surface area (Å²) >= 11 is 3.42. The van der Waals surface area contributed by atoms with Crippen molar-refractivity contribution in [2.75, 3.05) is 19.7 Å². The molecular formula is C16H22BrNO3. The summed E-state index contributed by atoms with van der Waals surface area (Å²) in [6.07, 6.45) is -0.305. The number of hydrogen-bond acceptors (Lipinski definition) is 3. The molecular weight excluding hydrogens is 334 g/mol. The summed E-state index contributed by atoms with van der Waals surface area (Å²) in [4.78, 5) is 13.9. The topological polar surface area (TPSA) is 49.8 Å². The number of aliphatic hydroxyl groups excluding tert-OH is 1. The summed E-state index contributed by atoms with van der Waals surface area (Å²) in [5.41, 5.74) is 0.643. The van der Waals surface area contributed by atoms with Crippen molar-refractivity contribution in [1.29, 1.82) is 0 Å². The zero-order chi connectivity index (χ0) is 15.6. The van der Waals surface area contributed by atoms with Crippen LogP contribution >= 0.6 is 15.9 Å². The van der Waals surface area contributed by atoms with Gasteiger partial charge in [-0.05, 0) is 38.5 Å². The Morgan fingerprint density at radius 2 is 1.95 bits per heavy atom. The molecule has 4 nitrogen and oxygen atoms in total. The second kappa shape index (κ2) is 6.36. The molecule has 0 spiro atoms. The normalized spacial score (nSPS) is 22.4. The van der Waals surface area contributed by atoms with Crippen LogP contribution in [0.2, 0.25) is 0 Å². The lowest BCUT2D eigenvalue weighted by atomic mass is 9.90. The summed E-state index contributed by atoms with van der Waals surface area (Å²) in [6.45, 7) is 6.76. The summed E-state index contributed by atoms with van der Waals surface area (Å²) in [5, 5.41) is 9.60. The smallest absolute Gasteiger partial charge is 0.410 e. The Hall–Kier alpha value is -1.07. The Labute approximate surface area is 134 Å². The molecule has 0 bridgehead atoms. The molecule has 116 valence electrons. The number of amides is 1. The number of carbonyl (C=O) groups is 1. The number of ether oxygens (including phenoxy) is 1. The van der Waals surface area contributed by atoms with Gasteiger partial charge in [0.1, 0.15) is 5.60 Å². The highest BCUT2D eigenvalue weighted by Gasteiger charge is 2.37. The Balaban J connectivity index is 2.10. The van der Waals surface area contributed by atoms with Gasteiger partial charge in [0.2, 0.25) is 0 Å². The zero-order valence-corrected chi connectivity index (χ0v) is 14.3. The van der Waals surface area contributed by atoms with E-state index in [1.54, 1.807) is 4.90 Å². The van der Waals surface area contributed by atoms with Crippen molar-refractivity contribution >= 4 is 22.0 Å². The zero-order valence-electron chi connectivity index (χ0n) is 12.7. The quantitative estimate of drug-likeness (QED) is 0.884. The Morgan fingerprint density at radius 1 is 1.33 bits per heavy atom. The van der Waals surface area contributed by atoms with Crippen LogP contribution in [0.15, 0.2) is 28.7 Å². The van der Waals surface area contributed by atoms with E-state index >= 15 is 0 Å². The predicted molar refractivity (Wildman–Crippen MR) is 85.3 cm³/mol. The highest BCUT2D eigenvalue weighted by Crippen LogP contribution is 2.33. The van der Waals surface area contributed by atoms with Crippen LogP contribution < -0.4 is 0 Å². The van der Waals surface area contributed by atoms with Crippen LogP contribution in [-0.2, 0) is 4.74 Å². The van der Waals surface area contributed by atoms with E-state index in [1.165, 1.54) is 0 Å². The van der Waals surface area contributed by atoms with Crippen molar-refractivity contribution in [3.05, 3.63) is 34.3 Å². The lowest BCUT2D eigenvalue weighted by Gasteiger charge is -2.24. The molecule has 1 N–H and O–H groups in total. The lowest BCUT2D eigenvalue weighted by molar-refractivity contribution is 0.0283. The van der Waals surface area contributed by atoms with Gasteiger partial charge in [-0.25, -0.2) is 4.79 Å². The van der Waals surface area contributed by atoms with E-state index in [1.807, 2.05) is 45.0 Å². The first kappa shape index (κ1) is 16.3. The van der Waals surface area contributed by atoms with E-state index in [2.05, 4.69) is 15.9 Å². The van der Waals surface area contributed by atoms with Gasteiger partial charge >= 0.3 is 6.09 Å². The molecule has 1 heterocycles. The van der Waals surface area contributed by atoms with Crippen molar-refractivity contribution in [2.45, 2.75) is 32.3 Å². The molecule has 1 aromatic rings. The largest absolute Gasteiger partial charge is 0.444 e. The highest BCUT2D eigenvalue weighted by molar-refractivity contribution is 9.10. The van der Waals surface area contributed by atoms with Gasteiger partial charge in [0.15, 0.2) is 0 Å². The van der Waals surface area contributed by atoms with Crippen molar-refractivity contribution in [3.63, 3.8) is 0 Å². The number of rotatable bonds is 2. The average molecular weight is 356 g/mol. The van der Waals surface area contributed by atoms with E-state index < -0.39 is 5.60 Å². The lowest BCUT2D eigenvalue weighted by Crippen LogP contribution is -2.35. The standard InChI is InChI=1S/C16H22BrNO3/c1-16(2,3)21-15(20)18-8-12(10-19)14(9-18)11-4-6-13(17)7-5-11/h4-7,12,14,19H,8-10H2,1-3H3/t12-,14-/m1/s1. The maximum atomic E-state index is 12.2. The van der Waals surface area contributed by atoms with Gasteiger partial charge < -0.3 is 14.7 Å². The SMILES string of the molecule is CC(C)(C)OC(=O)N1C[C@H](CO)[C@@H](c2ccc(Br)cc2)C1. The fraction of sp³-hybridized carbons (Fsp3) is 0.562. The molecule has 0 aromatic heterocycles. The number of benzene rings is 1. The first-order valence-corrected chi connectivity index (χ1v) is 7.93. The third kappa shape index (κ3) is 4.20. The van der Waals surface area contributed by atoms with Crippen LogP contribution in [0.5, 0.6) is 0 Å². The number of likely N-dealkylation sites (tertiary alicyclic amines) is 1. The first-order valence-electron chi connectivity index (χ1n) is 7.14. The van der Waals surface area contributed by atoms with E-state index in [4.69, 9.17) is 4.74 Å². The summed E-state index contributed by atoms with van der Waals surface area (Å²) in [7, 11) is 0. The molecule has 0 unspecified atom stereocenters. The van der Waals surface area contributed by atoms with E-state index in [0.29, 0.717) is 13.1 Å². The minimum absolute atomic E-state index is 0.0543. The van der Waals surface area contributed by atoms with Crippen molar-refractivity contribution in [2.24, 2.45) is 5.92 Å². The second-order valence-electron chi connectivity index (χ2n) is 6.49. The molecule has 1 saturated heterocycles. The number of aliphatic hydroxyl groups is 1.